The van der Waals surface area contributed by atoms with Crippen LogP contribution < -0.4 is 0 Å². The second kappa shape index (κ2) is 10.8. The number of rotatable bonds is 10. The van der Waals surface area contributed by atoms with Crippen molar-refractivity contribution in [3.63, 3.8) is 0 Å². The Morgan fingerprint density at radius 1 is 1.26 bits per heavy atom. The van der Waals surface area contributed by atoms with Crippen molar-refractivity contribution in [2.75, 3.05) is 0 Å². The second-order valence-electron chi connectivity index (χ2n) is 6.26. The highest BCUT2D eigenvalue weighted by Gasteiger charge is 2.35. The molecule has 1 rings (SSSR count). The van der Waals surface area contributed by atoms with E-state index in [2.05, 4.69) is 0 Å². The zero-order valence-corrected chi connectivity index (χ0v) is 14.1. The zero-order chi connectivity index (χ0) is 17.2. The molecule has 23 heavy (non-hydrogen) atoms. The third kappa shape index (κ3) is 8.46. The minimum absolute atomic E-state index is 0.0102. The molecule has 134 valence electrons. The van der Waals surface area contributed by atoms with Crippen molar-refractivity contribution in [3.8, 4) is 0 Å². The quantitative estimate of drug-likeness (QED) is 0.420. The lowest BCUT2D eigenvalue weighted by molar-refractivity contribution is -0.273. The van der Waals surface area contributed by atoms with Gasteiger partial charge in [0, 0.05) is 12.5 Å². The molecule has 3 N–H and O–H groups in total. The van der Waals surface area contributed by atoms with E-state index in [-0.39, 0.29) is 18.6 Å². The lowest BCUT2D eigenvalue weighted by Crippen LogP contribution is -2.48. The maximum atomic E-state index is 10.3. The minimum atomic E-state index is -0.898. The largest absolute Gasteiger partial charge is 0.478 e. The molecule has 1 fully saturated rings. The fraction of sp³-hybridized carbons (Fsp3) is 0.824. The van der Waals surface area contributed by atoms with Crippen LogP contribution >= 0.6 is 0 Å². The first-order valence-electron chi connectivity index (χ1n) is 8.46. The van der Waals surface area contributed by atoms with E-state index >= 15 is 0 Å². The molecule has 6 heteroatoms. The average Bonchev–Trinajstić information content (AvgIpc) is 2.47. The summed E-state index contributed by atoms with van der Waals surface area (Å²) >= 11 is 0. The van der Waals surface area contributed by atoms with Crippen LogP contribution in [0.5, 0.6) is 0 Å². The van der Waals surface area contributed by atoms with Gasteiger partial charge in [0.2, 0.25) is 0 Å². The summed E-state index contributed by atoms with van der Waals surface area (Å²) in [5, 5.41) is 28.0. The van der Waals surface area contributed by atoms with E-state index in [1.807, 2.05) is 6.92 Å². The maximum Gasteiger partial charge on any atom is 0.327 e. The third-order valence-corrected chi connectivity index (χ3v) is 4.05. The monoisotopic (exact) mass is 330 g/mol. The van der Waals surface area contributed by atoms with Gasteiger partial charge in [0.25, 0.3) is 0 Å². The Bertz CT molecular complexity index is 370. The SMILES string of the molecule is C[C@H](CCCCCCC=CC(=O)O)OC1O[C@@H](C)[C@H](O)C[C@H]1O. The van der Waals surface area contributed by atoms with Gasteiger partial charge in [0.1, 0.15) is 6.10 Å². The van der Waals surface area contributed by atoms with Gasteiger partial charge in [-0.15, -0.1) is 0 Å². The number of carboxylic acids is 1. The number of hydrogen-bond acceptors (Lipinski definition) is 5. The minimum Gasteiger partial charge on any atom is -0.478 e. The van der Waals surface area contributed by atoms with Crippen molar-refractivity contribution >= 4 is 5.97 Å². The topological polar surface area (TPSA) is 96.2 Å². The molecule has 1 aliphatic heterocycles. The van der Waals surface area contributed by atoms with Crippen molar-refractivity contribution < 1.29 is 29.6 Å². The van der Waals surface area contributed by atoms with E-state index in [1.54, 1.807) is 13.0 Å². The number of hydrogen-bond donors (Lipinski definition) is 3. The van der Waals surface area contributed by atoms with E-state index in [0.29, 0.717) is 0 Å². The molecule has 1 saturated heterocycles. The Balaban J connectivity index is 2.08. The van der Waals surface area contributed by atoms with E-state index in [9.17, 15) is 15.0 Å². The molecular weight excluding hydrogens is 300 g/mol. The molecule has 0 aliphatic carbocycles. The lowest BCUT2D eigenvalue weighted by Gasteiger charge is -2.36. The number of aliphatic carboxylic acids is 1. The summed E-state index contributed by atoms with van der Waals surface area (Å²) in [7, 11) is 0. The summed E-state index contributed by atoms with van der Waals surface area (Å²) in [5.41, 5.74) is 0. The molecule has 0 radical (unpaired) electrons. The molecule has 0 amide bonds. The standard InChI is InChI=1S/C17H30O6/c1-12(9-7-5-3-4-6-8-10-16(20)21)22-17-15(19)11-14(18)13(2)23-17/h8,10,12-15,17-19H,3-7,9,11H2,1-2H3,(H,20,21)/t12-,13+,14-,15-,17?/m1/s1. The highest BCUT2D eigenvalue weighted by Crippen LogP contribution is 2.23. The Morgan fingerprint density at radius 3 is 2.65 bits per heavy atom. The third-order valence-electron chi connectivity index (χ3n) is 4.05. The van der Waals surface area contributed by atoms with Gasteiger partial charge < -0.3 is 24.8 Å². The Kier molecular flexibility index (Phi) is 9.40. The van der Waals surface area contributed by atoms with Crippen LogP contribution in [-0.2, 0) is 14.3 Å². The predicted octanol–water partition coefficient (Wildman–Crippen LogP) is 2.23. The lowest BCUT2D eigenvalue weighted by atomic mass is 10.0. The van der Waals surface area contributed by atoms with Gasteiger partial charge in [-0.1, -0.05) is 25.3 Å². The van der Waals surface area contributed by atoms with Gasteiger partial charge in [-0.05, 0) is 33.1 Å². The van der Waals surface area contributed by atoms with Crippen LogP contribution in [0, 0.1) is 0 Å². The van der Waals surface area contributed by atoms with E-state index < -0.39 is 24.5 Å². The fourth-order valence-corrected chi connectivity index (χ4v) is 2.59. The van der Waals surface area contributed by atoms with Crippen LogP contribution in [0.25, 0.3) is 0 Å². The highest BCUT2D eigenvalue weighted by molar-refractivity contribution is 5.79. The van der Waals surface area contributed by atoms with Gasteiger partial charge in [-0.3, -0.25) is 0 Å². The molecule has 0 aromatic heterocycles. The highest BCUT2D eigenvalue weighted by atomic mass is 16.7. The van der Waals surface area contributed by atoms with Crippen LogP contribution in [0.2, 0.25) is 0 Å². The number of ether oxygens (including phenoxy) is 2. The summed E-state index contributed by atoms with van der Waals surface area (Å²) in [5.74, 6) is -0.898. The van der Waals surface area contributed by atoms with Crippen LogP contribution in [0.15, 0.2) is 12.2 Å². The van der Waals surface area contributed by atoms with Gasteiger partial charge in [-0.2, -0.15) is 0 Å². The molecule has 6 nitrogen and oxygen atoms in total. The summed E-state index contributed by atoms with van der Waals surface area (Å²) < 4.78 is 11.2. The summed E-state index contributed by atoms with van der Waals surface area (Å²) in [6, 6.07) is 0. The number of aliphatic hydroxyl groups excluding tert-OH is 2. The molecule has 1 aliphatic rings. The fourth-order valence-electron chi connectivity index (χ4n) is 2.59. The van der Waals surface area contributed by atoms with E-state index in [0.717, 1.165) is 38.5 Å². The van der Waals surface area contributed by atoms with Crippen LogP contribution in [0.1, 0.15) is 58.8 Å². The zero-order valence-electron chi connectivity index (χ0n) is 14.1. The molecular formula is C17H30O6. The normalized spacial score (nSPS) is 29.7. The number of unbranched alkanes of at least 4 members (excludes halogenated alkanes) is 4. The van der Waals surface area contributed by atoms with Crippen LogP contribution in [-0.4, -0.2) is 52.0 Å². The first-order valence-corrected chi connectivity index (χ1v) is 8.46. The van der Waals surface area contributed by atoms with Crippen molar-refractivity contribution in [3.05, 3.63) is 12.2 Å². The van der Waals surface area contributed by atoms with Crippen molar-refractivity contribution in [2.24, 2.45) is 0 Å². The first kappa shape index (κ1) is 20.1. The molecule has 0 bridgehead atoms. The molecule has 1 unspecified atom stereocenters. The van der Waals surface area contributed by atoms with Gasteiger partial charge >= 0.3 is 5.97 Å². The predicted molar refractivity (Wildman–Crippen MR) is 86.0 cm³/mol. The van der Waals surface area contributed by atoms with Crippen molar-refractivity contribution in [1.82, 2.24) is 0 Å². The summed E-state index contributed by atoms with van der Waals surface area (Å²) in [6.07, 6.45) is 6.53. The Labute approximate surface area is 138 Å². The number of allylic oxidation sites excluding steroid dienone is 1. The molecule has 1 heterocycles. The van der Waals surface area contributed by atoms with Crippen LogP contribution in [0.4, 0.5) is 0 Å². The molecule has 0 spiro atoms. The Hall–Kier alpha value is -0.950. The van der Waals surface area contributed by atoms with Crippen LogP contribution in [0.3, 0.4) is 0 Å². The molecule has 0 saturated carbocycles. The molecule has 0 aromatic rings. The first-order chi connectivity index (χ1) is 10.9. The molecule has 5 atom stereocenters. The van der Waals surface area contributed by atoms with Gasteiger partial charge in [-0.25, -0.2) is 4.79 Å². The second-order valence-corrected chi connectivity index (χ2v) is 6.26. The van der Waals surface area contributed by atoms with E-state index in [4.69, 9.17) is 14.6 Å². The smallest absolute Gasteiger partial charge is 0.327 e. The number of carboxylic acid groups (broad SMARTS) is 1. The number of carbonyl (C=O) groups is 1. The van der Waals surface area contributed by atoms with Gasteiger partial charge in [0.15, 0.2) is 6.29 Å². The Morgan fingerprint density at radius 2 is 1.96 bits per heavy atom. The maximum absolute atomic E-state index is 10.3. The summed E-state index contributed by atoms with van der Waals surface area (Å²) in [6.45, 7) is 3.73. The molecule has 0 aromatic carbocycles. The van der Waals surface area contributed by atoms with Gasteiger partial charge in [0.05, 0.1) is 18.3 Å². The van der Waals surface area contributed by atoms with Crippen molar-refractivity contribution in [1.29, 1.82) is 0 Å². The number of aliphatic hydroxyl groups is 2. The van der Waals surface area contributed by atoms with Crippen molar-refractivity contribution in [2.45, 2.75) is 89.5 Å². The summed E-state index contributed by atoms with van der Waals surface area (Å²) in [4.78, 5) is 10.3. The average molecular weight is 330 g/mol. The van der Waals surface area contributed by atoms with E-state index in [1.165, 1.54) is 6.08 Å².